The molecule has 2 aromatic heterocycles. The lowest BCUT2D eigenvalue weighted by molar-refractivity contribution is -0.120. The van der Waals surface area contributed by atoms with Gasteiger partial charge in [0.05, 0.1) is 11.2 Å². The van der Waals surface area contributed by atoms with Crippen molar-refractivity contribution in [1.29, 1.82) is 0 Å². The summed E-state index contributed by atoms with van der Waals surface area (Å²) in [7, 11) is 3.38. The van der Waals surface area contributed by atoms with E-state index in [1.165, 1.54) is 4.90 Å². The molecule has 4 heterocycles. The minimum absolute atomic E-state index is 0. The monoisotopic (exact) mass is 427 g/mol. The highest BCUT2D eigenvalue weighted by atomic mass is 79.9. The van der Waals surface area contributed by atoms with Gasteiger partial charge < -0.3 is 19.7 Å². The Kier molecular flexibility index (Phi) is 4.55. The van der Waals surface area contributed by atoms with Gasteiger partial charge in [-0.3, -0.25) is 9.59 Å². The summed E-state index contributed by atoms with van der Waals surface area (Å²) in [6.45, 7) is 3.30. The van der Waals surface area contributed by atoms with Crippen LogP contribution in [-0.2, 0) is 11.8 Å². The molecule has 0 saturated carbocycles. The van der Waals surface area contributed by atoms with Crippen LogP contribution in [0.5, 0.6) is 0 Å². The zero-order valence-corrected chi connectivity index (χ0v) is 16.5. The number of anilines is 2. The fourth-order valence-electron chi connectivity index (χ4n) is 3.64. The number of pyridine rings is 2. The van der Waals surface area contributed by atoms with Crippen LogP contribution in [0.4, 0.5) is 11.4 Å². The number of aryl methyl sites for hydroxylation is 1. The Balaban J connectivity index is 0.00000182. The maximum Gasteiger partial charge on any atom is 0.277 e. The van der Waals surface area contributed by atoms with Crippen LogP contribution in [0, 0.1) is 0 Å². The Bertz CT molecular complexity index is 931. The Morgan fingerprint density at radius 1 is 1.24 bits per heavy atom. The minimum Gasteiger partial charge on any atom is -0.353 e. The predicted octanol–water partition coefficient (Wildman–Crippen LogP) is 1.26. The number of amides is 1. The van der Waals surface area contributed by atoms with Crippen molar-refractivity contribution in [1.82, 2.24) is 14.9 Å². The predicted molar refractivity (Wildman–Crippen MR) is 104 cm³/mol. The van der Waals surface area contributed by atoms with Crippen LogP contribution in [0.25, 0.3) is 11.0 Å². The summed E-state index contributed by atoms with van der Waals surface area (Å²) in [5, 5.41) is 3.35. The summed E-state index contributed by atoms with van der Waals surface area (Å²) >= 11 is 3.42. The van der Waals surface area contributed by atoms with Gasteiger partial charge >= 0.3 is 0 Å². The number of nitrogens with zero attached hydrogens (tertiary/aromatic N) is 4. The molecular formula is C16H19BrClN5O2. The molecule has 2 aliphatic heterocycles. The normalized spacial score (nSPS) is 22.5. The van der Waals surface area contributed by atoms with E-state index in [4.69, 9.17) is 0 Å². The fraction of sp³-hybridized carbons (Fsp3) is 0.438. The number of hydrogen-bond acceptors (Lipinski definition) is 5. The Morgan fingerprint density at radius 2 is 1.96 bits per heavy atom. The molecule has 1 amide bonds. The van der Waals surface area contributed by atoms with Gasteiger partial charge in [-0.15, -0.1) is 12.4 Å². The van der Waals surface area contributed by atoms with Crippen molar-refractivity contribution in [2.75, 3.05) is 29.9 Å². The van der Waals surface area contributed by atoms with Crippen LogP contribution in [-0.4, -0.2) is 47.7 Å². The second kappa shape index (κ2) is 6.26. The van der Waals surface area contributed by atoms with Crippen molar-refractivity contribution in [3.05, 3.63) is 27.1 Å². The van der Waals surface area contributed by atoms with E-state index in [-0.39, 0.29) is 36.0 Å². The number of carbonyl (C=O) groups is 1. The summed E-state index contributed by atoms with van der Waals surface area (Å²) in [6, 6.07) is 3.63. The smallest absolute Gasteiger partial charge is 0.277 e. The van der Waals surface area contributed by atoms with Crippen LogP contribution < -0.4 is 20.7 Å². The van der Waals surface area contributed by atoms with E-state index in [2.05, 4.69) is 33.2 Å². The zero-order valence-electron chi connectivity index (χ0n) is 14.1. The van der Waals surface area contributed by atoms with Gasteiger partial charge in [0, 0.05) is 33.2 Å². The molecular weight excluding hydrogens is 410 g/mol. The molecule has 2 aromatic rings. The molecule has 0 aliphatic carbocycles. The summed E-state index contributed by atoms with van der Waals surface area (Å²) in [5.41, 5.74) is 2.48. The van der Waals surface area contributed by atoms with Gasteiger partial charge in [-0.05, 0) is 35.0 Å². The van der Waals surface area contributed by atoms with Crippen LogP contribution in [0.15, 0.2) is 21.5 Å². The maximum atomic E-state index is 12.9. The molecule has 1 N–H and O–H groups in total. The number of aromatic nitrogens is 2. The Labute approximate surface area is 159 Å². The molecule has 0 unspecified atom stereocenters. The van der Waals surface area contributed by atoms with Gasteiger partial charge in [0.25, 0.3) is 11.5 Å². The van der Waals surface area contributed by atoms with Gasteiger partial charge in [0.1, 0.15) is 21.8 Å². The van der Waals surface area contributed by atoms with Crippen molar-refractivity contribution in [3.8, 4) is 0 Å². The number of halogens is 2. The van der Waals surface area contributed by atoms with Crippen LogP contribution in [0.1, 0.15) is 6.92 Å². The van der Waals surface area contributed by atoms with Crippen molar-refractivity contribution in [3.63, 3.8) is 0 Å². The van der Waals surface area contributed by atoms with Gasteiger partial charge in [-0.2, -0.15) is 0 Å². The molecule has 0 spiro atoms. The van der Waals surface area contributed by atoms with Crippen LogP contribution >= 0.6 is 28.3 Å². The van der Waals surface area contributed by atoms with Crippen molar-refractivity contribution in [2.24, 2.45) is 7.05 Å². The average molecular weight is 429 g/mol. The third-order valence-corrected chi connectivity index (χ3v) is 5.34. The van der Waals surface area contributed by atoms with Crippen LogP contribution in [0.3, 0.4) is 0 Å². The van der Waals surface area contributed by atoms with E-state index in [1.807, 2.05) is 17.0 Å². The topological polar surface area (TPSA) is 70.5 Å². The molecule has 1 fully saturated rings. The van der Waals surface area contributed by atoms with Gasteiger partial charge in [-0.1, -0.05) is 0 Å². The summed E-state index contributed by atoms with van der Waals surface area (Å²) in [5.74, 6) is -0.0617. The zero-order chi connectivity index (χ0) is 17.2. The molecule has 134 valence electrons. The van der Waals surface area contributed by atoms with E-state index >= 15 is 0 Å². The van der Waals surface area contributed by atoms with Crippen molar-refractivity contribution < 1.29 is 4.79 Å². The molecule has 7 nitrogen and oxygen atoms in total. The number of piperazine rings is 1. The largest absolute Gasteiger partial charge is 0.353 e. The van der Waals surface area contributed by atoms with E-state index in [1.54, 1.807) is 18.7 Å². The fourth-order valence-corrected chi connectivity index (χ4v) is 3.95. The third-order valence-electron chi connectivity index (χ3n) is 4.90. The number of likely N-dealkylation sites (N-methyl/N-ethyl adjacent to an activating group) is 1. The second-order valence-corrected chi connectivity index (χ2v) is 7.25. The van der Waals surface area contributed by atoms with E-state index < -0.39 is 0 Å². The van der Waals surface area contributed by atoms with Gasteiger partial charge in [0.15, 0.2) is 0 Å². The first-order valence-corrected chi connectivity index (χ1v) is 8.66. The lowest BCUT2D eigenvalue weighted by Crippen LogP contribution is -2.64. The summed E-state index contributed by atoms with van der Waals surface area (Å²) in [6.07, 6.45) is 0. The van der Waals surface area contributed by atoms with E-state index in [9.17, 15) is 9.59 Å². The maximum absolute atomic E-state index is 12.9. The number of rotatable bonds is 0. The lowest BCUT2D eigenvalue weighted by atomic mass is 10.0. The van der Waals surface area contributed by atoms with Crippen molar-refractivity contribution in [2.45, 2.75) is 19.0 Å². The Morgan fingerprint density at radius 3 is 2.68 bits per heavy atom. The molecule has 2 aliphatic rings. The van der Waals surface area contributed by atoms with E-state index in [0.717, 1.165) is 16.7 Å². The molecule has 25 heavy (non-hydrogen) atoms. The number of carbonyl (C=O) groups excluding carboxylic acids is 1. The first-order valence-electron chi connectivity index (χ1n) is 7.87. The molecule has 2 atom stereocenters. The highest BCUT2D eigenvalue weighted by Gasteiger charge is 2.42. The second-order valence-electron chi connectivity index (χ2n) is 6.44. The average Bonchev–Trinajstić information content (AvgIpc) is 2.55. The molecule has 1 saturated heterocycles. The molecule has 9 heteroatoms. The Hall–Kier alpha value is -1.64. The molecule has 0 bridgehead atoms. The highest BCUT2D eigenvalue weighted by molar-refractivity contribution is 9.10. The molecule has 4 rings (SSSR count). The third kappa shape index (κ3) is 2.54. The molecule has 0 radical (unpaired) electrons. The summed E-state index contributed by atoms with van der Waals surface area (Å²) < 4.78 is 2.26. The number of hydrogen-bond donors (Lipinski definition) is 1. The lowest BCUT2D eigenvalue weighted by Gasteiger charge is -2.46. The number of nitrogens with one attached hydrogen (secondary N) is 1. The van der Waals surface area contributed by atoms with Gasteiger partial charge in [-0.25, -0.2) is 4.98 Å². The highest BCUT2D eigenvalue weighted by Crippen LogP contribution is 2.39. The van der Waals surface area contributed by atoms with Crippen LogP contribution in [0.2, 0.25) is 0 Å². The molecule has 0 aromatic carbocycles. The first-order chi connectivity index (χ1) is 11.4. The standard InChI is InChI=1S/C16H18BrN5O2.ClH/c1-8-7-22-10(6-18-8)15(23)21(3)14-13(22)12-9(20(2)16(14)24)4-5-11(17)19-12;/h4-5,8,10,18H,6-7H2,1-3H3;1H/t8-,10-;/m1./s1. The van der Waals surface area contributed by atoms with Crippen molar-refractivity contribution >= 4 is 56.7 Å². The first kappa shape index (κ1) is 18.2. The van der Waals surface area contributed by atoms with Gasteiger partial charge in [0.2, 0.25) is 0 Å². The minimum atomic E-state index is -0.310. The summed E-state index contributed by atoms with van der Waals surface area (Å²) in [4.78, 5) is 33.8. The SMILES string of the molecule is C[C@@H]1CN2c3c(c(=O)n(C)c4ccc(Br)nc34)N(C)C(=O)[C@H]2CN1.Cl. The van der Waals surface area contributed by atoms with E-state index in [0.29, 0.717) is 23.4 Å². The quantitative estimate of drug-likeness (QED) is 0.640. The number of fused-ring (bicyclic) bond motifs is 5.